The molecular weight excluding hydrogens is 230 g/mol. The molecule has 90 valence electrons. The van der Waals surface area contributed by atoms with Gasteiger partial charge in [0, 0.05) is 6.42 Å². The summed E-state index contributed by atoms with van der Waals surface area (Å²) in [6.07, 6.45) is 6.30. The van der Waals surface area contributed by atoms with Crippen LogP contribution in [0.3, 0.4) is 0 Å². The molecule has 1 aliphatic rings. The fraction of sp³-hybridized carbons (Fsp3) is 0.600. The molecule has 5 nitrogen and oxygen atoms in total. The van der Waals surface area contributed by atoms with Gasteiger partial charge in [-0.05, 0) is 26.2 Å². The minimum absolute atomic E-state index is 0.163. The quantitative estimate of drug-likeness (QED) is 0.403. The topological polar surface area (TPSA) is 72.8 Å². The Kier molecular flexibility index (Phi) is 4.67. The highest BCUT2D eigenvalue weighted by molar-refractivity contribution is 7.86. The highest BCUT2D eigenvalue weighted by atomic mass is 32.2. The Morgan fingerprint density at radius 2 is 2.38 bits per heavy atom. The van der Waals surface area contributed by atoms with Gasteiger partial charge in [-0.1, -0.05) is 16.8 Å². The summed E-state index contributed by atoms with van der Waals surface area (Å²) in [5.74, 6) is -0.400. The van der Waals surface area contributed by atoms with Crippen LogP contribution in [0.25, 0.3) is 0 Å². The summed E-state index contributed by atoms with van der Waals surface area (Å²) in [4.78, 5) is 11.3. The van der Waals surface area contributed by atoms with Gasteiger partial charge in [-0.25, -0.2) is 0 Å². The Bertz CT molecular complexity index is 409. The summed E-state index contributed by atoms with van der Waals surface area (Å²) in [7, 11) is -3.61. The molecule has 0 amide bonds. The first-order valence-corrected chi connectivity index (χ1v) is 6.76. The number of rotatable bonds is 6. The lowest BCUT2D eigenvalue weighted by Gasteiger charge is -1.97. The number of Topliss-reactive ketones (excluding diaryl/α,β-unsaturated/α-hetero) is 1. The van der Waals surface area contributed by atoms with Crippen molar-refractivity contribution in [3.8, 4) is 0 Å². The molecule has 0 unspecified atom stereocenters. The molecule has 0 aromatic carbocycles. The summed E-state index contributed by atoms with van der Waals surface area (Å²) in [6, 6.07) is 0. The van der Waals surface area contributed by atoms with E-state index in [9.17, 15) is 13.2 Å². The minimum atomic E-state index is -3.61. The van der Waals surface area contributed by atoms with Gasteiger partial charge in [0.15, 0.2) is 5.78 Å². The van der Waals surface area contributed by atoms with Crippen LogP contribution in [0.15, 0.2) is 16.8 Å². The van der Waals surface area contributed by atoms with Gasteiger partial charge < -0.3 is 0 Å². The maximum absolute atomic E-state index is 11.3. The molecule has 16 heavy (non-hydrogen) atoms. The summed E-state index contributed by atoms with van der Waals surface area (Å²) in [5, 5.41) is 3.17. The first-order chi connectivity index (χ1) is 7.53. The Morgan fingerprint density at radius 3 is 2.94 bits per heavy atom. The molecule has 0 saturated heterocycles. The van der Waals surface area contributed by atoms with Crippen LogP contribution in [0, 0.1) is 0 Å². The van der Waals surface area contributed by atoms with Gasteiger partial charge in [-0.3, -0.25) is 9.08 Å². The van der Waals surface area contributed by atoms with Crippen LogP contribution in [0.4, 0.5) is 0 Å². The van der Waals surface area contributed by atoms with Crippen LogP contribution in [-0.4, -0.2) is 26.2 Å². The monoisotopic (exact) mass is 245 g/mol. The van der Waals surface area contributed by atoms with Crippen LogP contribution in [-0.2, 0) is 19.2 Å². The van der Waals surface area contributed by atoms with Crippen LogP contribution in [0.5, 0.6) is 0 Å². The van der Waals surface area contributed by atoms with E-state index >= 15 is 0 Å². The third-order valence-corrected chi connectivity index (χ3v) is 3.26. The van der Waals surface area contributed by atoms with Gasteiger partial charge in [0.1, 0.15) is 6.21 Å². The van der Waals surface area contributed by atoms with Crippen molar-refractivity contribution in [3.63, 3.8) is 0 Å². The average Bonchev–Trinajstić information content (AvgIpc) is 2.70. The molecule has 0 aliphatic heterocycles. The van der Waals surface area contributed by atoms with Crippen LogP contribution >= 0.6 is 0 Å². The molecule has 0 radical (unpaired) electrons. The van der Waals surface area contributed by atoms with Crippen molar-refractivity contribution in [2.24, 2.45) is 5.16 Å². The molecule has 1 aliphatic carbocycles. The molecule has 0 aromatic heterocycles. The van der Waals surface area contributed by atoms with E-state index in [0.29, 0.717) is 6.42 Å². The molecule has 0 bridgehead atoms. The van der Waals surface area contributed by atoms with Crippen LogP contribution in [0.2, 0.25) is 0 Å². The van der Waals surface area contributed by atoms with E-state index < -0.39 is 10.1 Å². The predicted octanol–water partition coefficient (Wildman–Crippen LogP) is 1.41. The average molecular weight is 245 g/mol. The van der Waals surface area contributed by atoms with Gasteiger partial charge in [0.25, 0.3) is 0 Å². The van der Waals surface area contributed by atoms with Gasteiger partial charge in [-0.15, -0.1) is 0 Å². The molecule has 0 spiro atoms. The number of nitrogens with zero attached hydrogens (tertiary/aromatic N) is 1. The summed E-state index contributed by atoms with van der Waals surface area (Å²) < 4.78 is 25.9. The number of hydrogen-bond acceptors (Lipinski definition) is 5. The van der Waals surface area contributed by atoms with Gasteiger partial charge in [0.05, 0.1) is 5.75 Å². The SMILES string of the molecule is CCS(=O)(=O)ON=CC(=O)CC1=CCCC1. The van der Waals surface area contributed by atoms with Gasteiger partial charge in [-0.2, -0.15) is 8.42 Å². The van der Waals surface area contributed by atoms with Crippen molar-refractivity contribution >= 4 is 22.1 Å². The normalized spacial score (nSPS) is 16.4. The predicted molar refractivity (Wildman–Crippen MR) is 60.6 cm³/mol. The molecule has 0 aromatic rings. The zero-order valence-electron chi connectivity index (χ0n) is 9.18. The molecule has 0 heterocycles. The molecule has 0 fully saturated rings. The Balaban J connectivity index is 2.36. The lowest BCUT2D eigenvalue weighted by Crippen LogP contribution is -2.06. The van der Waals surface area contributed by atoms with E-state index in [1.807, 2.05) is 6.08 Å². The van der Waals surface area contributed by atoms with Crippen molar-refractivity contribution in [2.45, 2.75) is 32.6 Å². The van der Waals surface area contributed by atoms with E-state index in [1.165, 1.54) is 6.92 Å². The second-order valence-corrected chi connectivity index (χ2v) is 5.39. The Hall–Kier alpha value is -1.17. The molecule has 0 N–H and O–H groups in total. The third kappa shape index (κ3) is 4.57. The smallest absolute Gasteiger partial charge is 0.293 e. The molecule has 0 atom stereocenters. The zero-order chi connectivity index (χ0) is 12.0. The number of carbonyl (C=O) groups excluding carboxylic acids is 1. The van der Waals surface area contributed by atoms with Crippen LogP contribution in [0.1, 0.15) is 32.6 Å². The van der Waals surface area contributed by atoms with E-state index in [1.54, 1.807) is 0 Å². The first kappa shape index (κ1) is 12.9. The fourth-order valence-electron chi connectivity index (χ4n) is 1.37. The minimum Gasteiger partial charge on any atom is -0.293 e. The summed E-state index contributed by atoms with van der Waals surface area (Å²) in [5.41, 5.74) is 1.09. The second kappa shape index (κ2) is 5.79. The summed E-state index contributed by atoms with van der Waals surface area (Å²) >= 11 is 0. The first-order valence-electron chi connectivity index (χ1n) is 5.19. The number of hydrogen-bond donors (Lipinski definition) is 0. The lowest BCUT2D eigenvalue weighted by molar-refractivity contribution is -0.112. The number of ketones is 1. The lowest BCUT2D eigenvalue weighted by atomic mass is 10.1. The van der Waals surface area contributed by atoms with Crippen LogP contribution < -0.4 is 0 Å². The zero-order valence-corrected chi connectivity index (χ0v) is 10.00. The molecule has 1 rings (SSSR count). The second-order valence-electron chi connectivity index (χ2n) is 3.55. The van der Waals surface area contributed by atoms with Crippen molar-refractivity contribution in [1.29, 1.82) is 0 Å². The van der Waals surface area contributed by atoms with Crippen molar-refractivity contribution in [1.82, 2.24) is 0 Å². The van der Waals surface area contributed by atoms with E-state index in [0.717, 1.165) is 31.1 Å². The largest absolute Gasteiger partial charge is 0.328 e. The maximum Gasteiger partial charge on any atom is 0.328 e. The van der Waals surface area contributed by atoms with E-state index in [2.05, 4.69) is 9.44 Å². The Morgan fingerprint density at radius 1 is 1.62 bits per heavy atom. The highest BCUT2D eigenvalue weighted by Crippen LogP contribution is 2.20. The van der Waals surface area contributed by atoms with Crippen molar-refractivity contribution < 1.29 is 17.5 Å². The van der Waals surface area contributed by atoms with Crippen molar-refractivity contribution in [2.75, 3.05) is 5.75 Å². The molecule has 6 heteroatoms. The standard InChI is InChI=1S/C10H15NO4S/c1-2-16(13,14)15-11-8-10(12)7-9-5-3-4-6-9/h5,8H,2-4,6-7H2,1H3. The third-order valence-electron chi connectivity index (χ3n) is 2.24. The van der Waals surface area contributed by atoms with Crippen molar-refractivity contribution in [3.05, 3.63) is 11.6 Å². The fourth-order valence-corrected chi connectivity index (χ4v) is 1.65. The van der Waals surface area contributed by atoms with E-state index in [-0.39, 0.29) is 11.5 Å². The maximum atomic E-state index is 11.3. The number of oxime groups is 1. The molecular formula is C10H15NO4S. The highest BCUT2D eigenvalue weighted by Gasteiger charge is 2.09. The van der Waals surface area contributed by atoms with Gasteiger partial charge in [0.2, 0.25) is 0 Å². The number of carbonyl (C=O) groups is 1. The van der Waals surface area contributed by atoms with Gasteiger partial charge >= 0.3 is 10.1 Å². The molecule has 0 saturated carbocycles. The van der Waals surface area contributed by atoms with E-state index in [4.69, 9.17) is 0 Å². The number of allylic oxidation sites excluding steroid dienone is 2. The Labute approximate surface area is 95.3 Å². The summed E-state index contributed by atoms with van der Waals surface area (Å²) in [6.45, 7) is 1.44.